The summed E-state index contributed by atoms with van der Waals surface area (Å²) in [4.78, 5) is 55.5. The summed E-state index contributed by atoms with van der Waals surface area (Å²) in [6.45, 7) is 1.94. The monoisotopic (exact) mass is 546 g/mol. The van der Waals surface area contributed by atoms with E-state index in [9.17, 15) is 19.2 Å². The van der Waals surface area contributed by atoms with Gasteiger partial charge in [0.2, 0.25) is 17.7 Å². The molecule has 2 saturated carbocycles. The van der Waals surface area contributed by atoms with Crippen LogP contribution in [0.3, 0.4) is 0 Å². The summed E-state index contributed by atoms with van der Waals surface area (Å²) < 4.78 is 11.0. The lowest BCUT2D eigenvalue weighted by Crippen LogP contribution is -2.40. The summed E-state index contributed by atoms with van der Waals surface area (Å²) in [6, 6.07) is 9.91. The predicted molar refractivity (Wildman–Crippen MR) is 142 cm³/mol. The van der Waals surface area contributed by atoms with Crippen LogP contribution in [0.25, 0.3) is 0 Å². The van der Waals surface area contributed by atoms with E-state index in [0.717, 1.165) is 6.42 Å². The number of anilines is 2. The fourth-order valence-electron chi connectivity index (χ4n) is 7.31. The zero-order valence-electron chi connectivity index (χ0n) is 21.5. The first-order chi connectivity index (χ1) is 18.8. The number of hydrogen-bond donors (Lipinski definition) is 0. The van der Waals surface area contributed by atoms with Gasteiger partial charge in [0.25, 0.3) is 0 Å². The standard InChI is InChI=1S/C30H27ClN2O6/c1-14-9-17(39-30(37)15-10-25(34)32(13-15)23-11-16(31)3-8-24(23)38-2)4-7-22(14)33-28(35)26-18-5-6-19(21-12-20(18)21)27(26)29(33)36/h3-9,11,15,18-21,26-27H,10,12-13H2,1-2H3/t15-,18+,19+,20-,21+,26-,27-/m1/s1. The first kappa shape index (κ1) is 24.4. The Hall–Kier alpha value is -3.65. The van der Waals surface area contributed by atoms with Gasteiger partial charge in [0.05, 0.1) is 36.2 Å². The van der Waals surface area contributed by atoms with Crippen molar-refractivity contribution in [1.29, 1.82) is 0 Å². The van der Waals surface area contributed by atoms with E-state index >= 15 is 0 Å². The normalized spacial score (nSPS) is 32.0. The Kier molecular flexibility index (Phi) is 5.43. The molecular weight excluding hydrogens is 520 g/mol. The van der Waals surface area contributed by atoms with Crippen molar-refractivity contribution in [3.63, 3.8) is 0 Å². The van der Waals surface area contributed by atoms with Gasteiger partial charge in [0.15, 0.2) is 0 Å². The molecule has 2 aromatic carbocycles. The SMILES string of the molecule is COc1ccc(Cl)cc1N1C[C@H](C(=O)Oc2ccc(N3C(=O)[C@@H]4[C@H]5C=C[C@@H]([C@@H]6C[C@H]56)[C@H]4C3=O)c(C)c2)CC1=O. The Labute approximate surface area is 230 Å². The average Bonchev–Trinajstić information content (AvgIpc) is 3.60. The van der Waals surface area contributed by atoms with Gasteiger partial charge >= 0.3 is 5.97 Å². The first-order valence-corrected chi connectivity index (χ1v) is 13.7. The molecule has 2 aliphatic heterocycles. The molecule has 8 nitrogen and oxygen atoms in total. The Morgan fingerprint density at radius 2 is 1.64 bits per heavy atom. The maximum atomic E-state index is 13.5. The molecule has 3 amide bonds. The largest absolute Gasteiger partial charge is 0.495 e. The zero-order chi connectivity index (χ0) is 27.2. The first-order valence-electron chi connectivity index (χ1n) is 13.3. The number of allylic oxidation sites excluding steroid dienone is 2. The van der Waals surface area contributed by atoms with E-state index in [1.54, 1.807) is 43.3 Å². The van der Waals surface area contributed by atoms with Crippen LogP contribution in [0.4, 0.5) is 11.4 Å². The Morgan fingerprint density at radius 1 is 0.949 bits per heavy atom. The minimum atomic E-state index is -0.666. The quantitative estimate of drug-likeness (QED) is 0.242. The van der Waals surface area contributed by atoms with Crippen LogP contribution in [-0.2, 0) is 19.2 Å². The van der Waals surface area contributed by atoms with Gasteiger partial charge in [0.1, 0.15) is 11.5 Å². The highest BCUT2D eigenvalue weighted by molar-refractivity contribution is 6.31. The number of esters is 1. The molecule has 0 unspecified atom stereocenters. The maximum absolute atomic E-state index is 13.5. The predicted octanol–water partition coefficient (Wildman–Crippen LogP) is 4.17. The number of amides is 3. The van der Waals surface area contributed by atoms with Gasteiger partial charge in [-0.05, 0) is 79.0 Å². The van der Waals surface area contributed by atoms with Gasteiger partial charge in [-0.15, -0.1) is 0 Å². The Morgan fingerprint density at radius 3 is 2.28 bits per heavy atom. The number of ether oxygens (including phenoxy) is 2. The van der Waals surface area contributed by atoms with E-state index in [0.29, 0.717) is 45.3 Å². The number of nitrogens with zero attached hydrogens (tertiary/aromatic N) is 2. The molecule has 0 N–H and O–H groups in total. The second kappa shape index (κ2) is 8.68. The number of methoxy groups -OCH3 is 1. The van der Waals surface area contributed by atoms with E-state index in [2.05, 4.69) is 12.2 Å². The number of hydrogen-bond acceptors (Lipinski definition) is 6. The van der Waals surface area contributed by atoms with Crippen molar-refractivity contribution < 1.29 is 28.7 Å². The van der Waals surface area contributed by atoms with Crippen LogP contribution in [0.1, 0.15) is 18.4 Å². The Balaban J connectivity index is 1.07. The highest BCUT2D eigenvalue weighted by Crippen LogP contribution is 2.65. The molecular formula is C30H27ClN2O6. The zero-order valence-corrected chi connectivity index (χ0v) is 22.3. The van der Waals surface area contributed by atoms with Gasteiger partial charge in [-0.1, -0.05) is 23.8 Å². The van der Waals surface area contributed by atoms with Gasteiger partial charge in [-0.3, -0.25) is 19.2 Å². The second-order valence-electron chi connectivity index (χ2n) is 11.3. The third-order valence-electron chi connectivity index (χ3n) is 9.18. The lowest BCUT2D eigenvalue weighted by Gasteiger charge is -2.37. The van der Waals surface area contributed by atoms with Crippen LogP contribution in [0, 0.1) is 48.3 Å². The molecule has 200 valence electrons. The van der Waals surface area contributed by atoms with Gasteiger partial charge in [-0.25, -0.2) is 4.90 Å². The summed E-state index contributed by atoms with van der Waals surface area (Å²) in [7, 11) is 1.51. The number of aryl methyl sites for hydroxylation is 1. The van der Waals surface area contributed by atoms with Gasteiger partial charge in [-0.2, -0.15) is 0 Å². The lowest BCUT2D eigenvalue weighted by atomic mass is 9.63. The molecule has 2 aromatic rings. The summed E-state index contributed by atoms with van der Waals surface area (Å²) in [6.07, 6.45) is 5.43. The lowest BCUT2D eigenvalue weighted by molar-refractivity contribution is -0.139. The van der Waals surface area contributed by atoms with Crippen molar-refractivity contribution in [1.82, 2.24) is 0 Å². The number of halogens is 1. The molecule has 2 bridgehead atoms. The van der Waals surface area contributed by atoms with Crippen LogP contribution in [0.2, 0.25) is 5.02 Å². The number of benzene rings is 2. The summed E-state index contributed by atoms with van der Waals surface area (Å²) in [5.74, 6) is -0.0150. The van der Waals surface area contributed by atoms with Gasteiger partial charge in [0, 0.05) is 18.0 Å². The number of carbonyl (C=O) groups excluding carboxylic acids is 4. The third-order valence-corrected chi connectivity index (χ3v) is 9.42. The minimum absolute atomic E-state index is 0.00345. The number of carbonyl (C=O) groups is 4. The summed E-state index contributed by atoms with van der Waals surface area (Å²) in [5.41, 5.74) is 1.70. The van der Waals surface area contributed by atoms with Crippen molar-refractivity contribution in [3.8, 4) is 11.5 Å². The molecule has 4 fully saturated rings. The Bertz CT molecular complexity index is 1450. The van der Waals surface area contributed by atoms with Crippen LogP contribution in [0.15, 0.2) is 48.6 Å². The molecule has 0 radical (unpaired) electrons. The van der Waals surface area contributed by atoms with Crippen molar-refractivity contribution in [2.24, 2.45) is 41.4 Å². The molecule has 7 atom stereocenters. The molecule has 0 spiro atoms. The number of rotatable bonds is 5. The summed E-state index contributed by atoms with van der Waals surface area (Å²) >= 11 is 6.13. The van der Waals surface area contributed by atoms with Crippen LogP contribution >= 0.6 is 11.6 Å². The highest BCUT2D eigenvalue weighted by Gasteiger charge is 2.67. The van der Waals surface area contributed by atoms with Crippen molar-refractivity contribution in [2.45, 2.75) is 19.8 Å². The smallest absolute Gasteiger partial charge is 0.316 e. The van der Waals surface area contributed by atoms with Crippen LogP contribution < -0.4 is 19.3 Å². The van der Waals surface area contributed by atoms with Gasteiger partial charge < -0.3 is 14.4 Å². The number of imide groups is 1. The molecule has 2 saturated heterocycles. The van der Waals surface area contributed by atoms with E-state index in [-0.39, 0.29) is 54.4 Å². The fraction of sp³-hybridized carbons (Fsp3) is 0.400. The summed E-state index contributed by atoms with van der Waals surface area (Å²) in [5, 5.41) is 0.454. The topological polar surface area (TPSA) is 93.2 Å². The van der Waals surface area contributed by atoms with E-state index in [1.807, 2.05) is 0 Å². The molecule has 8 rings (SSSR count). The molecule has 39 heavy (non-hydrogen) atoms. The van der Waals surface area contributed by atoms with Crippen LogP contribution in [0.5, 0.6) is 11.5 Å². The third kappa shape index (κ3) is 3.64. The molecule has 9 heteroatoms. The molecule has 0 aromatic heterocycles. The highest BCUT2D eigenvalue weighted by atomic mass is 35.5. The van der Waals surface area contributed by atoms with Crippen molar-refractivity contribution in [3.05, 3.63) is 59.1 Å². The van der Waals surface area contributed by atoms with E-state index in [1.165, 1.54) is 16.9 Å². The molecule has 6 aliphatic rings. The molecule has 4 aliphatic carbocycles. The minimum Gasteiger partial charge on any atom is -0.495 e. The fourth-order valence-corrected chi connectivity index (χ4v) is 7.47. The van der Waals surface area contributed by atoms with Crippen LogP contribution in [-0.4, -0.2) is 37.3 Å². The maximum Gasteiger partial charge on any atom is 0.316 e. The van der Waals surface area contributed by atoms with Crippen molar-refractivity contribution >= 4 is 46.7 Å². The van der Waals surface area contributed by atoms with Crippen molar-refractivity contribution in [2.75, 3.05) is 23.5 Å². The van der Waals surface area contributed by atoms with E-state index < -0.39 is 11.9 Å². The van der Waals surface area contributed by atoms with E-state index in [4.69, 9.17) is 21.1 Å². The molecule has 2 heterocycles. The average molecular weight is 547 g/mol. The second-order valence-corrected chi connectivity index (χ2v) is 11.7.